The zero-order valence-corrected chi connectivity index (χ0v) is 11.8. The molecule has 102 valence electrons. The third kappa shape index (κ3) is 3.64. The van der Waals surface area contributed by atoms with E-state index in [0.717, 1.165) is 36.6 Å². The number of aryl methyl sites for hydroxylation is 1. The maximum Gasteiger partial charge on any atom is 0.117 e. The molecule has 0 saturated heterocycles. The average molecular weight is 258 g/mol. The van der Waals surface area contributed by atoms with Crippen LogP contribution in [0.25, 0.3) is 11.3 Å². The molecule has 1 aromatic carbocycles. The molecule has 19 heavy (non-hydrogen) atoms. The first-order valence-electron chi connectivity index (χ1n) is 7.05. The van der Waals surface area contributed by atoms with Gasteiger partial charge in [0.25, 0.3) is 0 Å². The van der Waals surface area contributed by atoms with E-state index in [-0.39, 0.29) is 0 Å². The Kier molecular flexibility index (Phi) is 5.10. The van der Waals surface area contributed by atoms with E-state index in [1.807, 2.05) is 18.2 Å². The maximum absolute atomic E-state index is 4.56. The lowest BCUT2D eigenvalue weighted by Crippen LogP contribution is -2.15. The largest absolute Gasteiger partial charge is 0.311 e. The first-order chi connectivity index (χ1) is 9.35. The Morgan fingerprint density at radius 1 is 1.11 bits per heavy atom. The van der Waals surface area contributed by atoms with Gasteiger partial charge in [-0.3, -0.25) is 0 Å². The first-order valence-corrected chi connectivity index (χ1v) is 7.05. The van der Waals surface area contributed by atoms with E-state index < -0.39 is 0 Å². The second-order valence-corrected chi connectivity index (χ2v) is 4.58. The number of nitrogens with one attached hydrogen (secondary N) is 1. The molecular formula is C15H22N4. The number of hydrogen-bond donors (Lipinski definition) is 1. The molecule has 2 aromatic rings. The second kappa shape index (κ2) is 7.04. The van der Waals surface area contributed by atoms with E-state index in [9.17, 15) is 0 Å². The van der Waals surface area contributed by atoms with Crippen LogP contribution in [0.3, 0.4) is 0 Å². The Bertz CT molecular complexity index is 490. The normalized spacial score (nSPS) is 10.8. The van der Waals surface area contributed by atoms with Crippen LogP contribution in [0.5, 0.6) is 0 Å². The van der Waals surface area contributed by atoms with Crippen LogP contribution in [0.2, 0.25) is 0 Å². The van der Waals surface area contributed by atoms with Crippen molar-refractivity contribution in [2.24, 2.45) is 0 Å². The van der Waals surface area contributed by atoms with Crippen molar-refractivity contribution in [3.05, 3.63) is 36.0 Å². The van der Waals surface area contributed by atoms with E-state index in [2.05, 4.69) is 41.5 Å². The van der Waals surface area contributed by atoms with Crippen LogP contribution in [0.15, 0.2) is 30.3 Å². The molecule has 0 aliphatic heterocycles. The topological polar surface area (TPSA) is 42.7 Å². The van der Waals surface area contributed by atoms with Crippen molar-refractivity contribution < 1.29 is 0 Å². The van der Waals surface area contributed by atoms with Gasteiger partial charge in [0.15, 0.2) is 0 Å². The van der Waals surface area contributed by atoms with Gasteiger partial charge in [-0.2, -0.15) is 15.0 Å². The highest BCUT2D eigenvalue weighted by Gasteiger charge is 2.11. The molecule has 2 rings (SSSR count). The quantitative estimate of drug-likeness (QED) is 0.777. The van der Waals surface area contributed by atoms with Crippen LogP contribution < -0.4 is 5.32 Å². The van der Waals surface area contributed by atoms with Gasteiger partial charge in [-0.1, -0.05) is 43.7 Å². The molecule has 0 amide bonds. The fourth-order valence-electron chi connectivity index (χ4n) is 1.97. The first kappa shape index (κ1) is 13.7. The highest BCUT2D eigenvalue weighted by Crippen LogP contribution is 2.19. The lowest BCUT2D eigenvalue weighted by molar-refractivity contribution is 0.556. The Labute approximate surface area is 114 Å². The summed E-state index contributed by atoms with van der Waals surface area (Å²) in [4.78, 5) is 1.76. The smallest absolute Gasteiger partial charge is 0.117 e. The number of rotatable bonds is 7. The molecular weight excluding hydrogens is 236 g/mol. The summed E-state index contributed by atoms with van der Waals surface area (Å²) in [7, 11) is 0. The summed E-state index contributed by atoms with van der Waals surface area (Å²) in [5, 5.41) is 12.5. The van der Waals surface area contributed by atoms with Crippen LogP contribution >= 0.6 is 0 Å². The summed E-state index contributed by atoms with van der Waals surface area (Å²) in [5.74, 6) is 0. The number of benzene rings is 1. The fraction of sp³-hybridized carbons (Fsp3) is 0.467. The van der Waals surface area contributed by atoms with Crippen LogP contribution in [-0.4, -0.2) is 21.5 Å². The molecule has 1 N–H and O–H groups in total. The summed E-state index contributed by atoms with van der Waals surface area (Å²) in [6.07, 6.45) is 2.41. The van der Waals surface area contributed by atoms with Crippen LogP contribution in [0.4, 0.5) is 0 Å². The van der Waals surface area contributed by atoms with E-state index in [0.29, 0.717) is 0 Å². The highest BCUT2D eigenvalue weighted by atomic mass is 15.5. The van der Waals surface area contributed by atoms with Crippen LogP contribution in [0, 0.1) is 0 Å². The van der Waals surface area contributed by atoms with Gasteiger partial charge >= 0.3 is 0 Å². The van der Waals surface area contributed by atoms with Gasteiger partial charge in [0, 0.05) is 12.1 Å². The molecule has 4 heteroatoms. The van der Waals surface area contributed by atoms with Crippen molar-refractivity contribution >= 4 is 0 Å². The highest BCUT2D eigenvalue weighted by molar-refractivity contribution is 5.60. The lowest BCUT2D eigenvalue weighted by Gasteiger charge is -2.03. The van der Waals surface area contributed by atoms with Crippen molar-refractivity contribution in [1.82, 2.24) is 20.3 Å². The number of unbranched alkanes of at least 4 members (excludes halogenated alkanes) is 1. The molecule has 1 heterocycles. The number of aromatic nitrogens is 3. The van der Waals surface area contributed by atoms with Crippen LogP contribution in [0.1, 0.15) is 32.4 Å². The molecule has 0 radical (unpaired) electrons. The second-order valence-electron chi connectivity index (χ2n) is 4.58. The minimum atomic E-state index is 0.782. The van der Waals surface area contributed by atoms with E-state index in [4.69, 9.17) is 0 Å². The number of hydrogen-bond acceptors (Lipinski definition) is 3. The molecule has 1 aromatic heterocycles. The Hall–Kier alpha value is -1.68. The van der Waals surface area contributed by atoms with E-state index in [1.165, 1.54) is 12.8 Å². The lowest BCUT2D eigenvalue weighted by atomic mass is 10.1. The monoisotopic (exact) mass is 258 g/mol. The van der Waals surface area contributed by atoms with Crippen molar-refractivity contribution in [2.75, 3.05) is 6.54 Å². The molecule has 0 atom stereocenters. The van der Waals surface area contributed by atoms with Gasteiger partial charge < -0.3 is 5.32 Å². The Balaban J connectivity index is 2.15. The van der Waals surface area contributed by atoms with Crippen molar-refractivity contribution in [2.45, 2.75) is 39.8 Å². The van der Waals surface area contributed by atoms with Crippen molar-refractivity contribution in [3.8, 4) is 11.3 Å². The summed E-state index contributed by atoms with van der Waals surface area (Å²) in [6.45, 7) is 6.87. The van der Waals surface area contributed by atoms with Crippen molar-refractivity contribution in [3.63, 3.8) is 0 Å². The molecule has 0 aliphatic rings. The Morgan fingerprint density at radius 3 is 2.58 bits per heavy atom. The zero-order valence-electron chi connectivity index (χ0n) is 11.8. The van der Waals surface area contributed by atoms with Gasteiger partial charge in [-0.15, -0.1) is 0 Å². The van der Waals surface area contributed by atoms with Gasteiger partial charge in [0.1, 0.15) is 11.4 Å². The van der Waals surface area contributed by atoms with Crippen LogP contribution in [-0.2, 0) is 13.1 Å². The summed E-state index contributed by atoms with van der Waals surface area (Å²) < 4.78 is 0. The fourth-order valence-corrected chi connectivity index (χ4v) is 1.97. The van der Waals surface area contributed by atoms with Gasteiger partial charge in [-0.25, -0.2) is 0 Å². The molecule has 0 aliphatic carbocycles. The van der Waals surface area contributed by atoms with Gasteiger partial charge in [-0.05, 0) is 19.9 Å². The molecule has 0 saturated carbocycles. The summed E-state index contributed by atoms with van der Waals surface area (Å²) in [6, 6.07) is 10.3. The molecule has 0 spiro atoms. The summed E-state index contributed by atoms with van der Waals surface area (Å²) in [5.41, 5.74) is 3.16. The average Bonchev–Trinajstić information content (AvgIpc) is 2.88. The standard InChI is InChI=1S/C15H22N4/c1-3-5-11-16-12-14-15(18-19(4-2)17-14)13-9-7-6-8-10-13/h6-10,16H,3-5,11-12H2,1-2H3. The van der Waals surface area contributed by atoms with E-state index >= 15 is 0 Å². The number of nitrogens with zero attached hydrogens (tertiary/aromatic N) is 3. The predicted octanol–water partition coefficient (Wildman–Crippen LogP) is 2.85. The predicted molar refractivity (Wildman–Crippen MR) is 77.7 cm³/mol. The Morgan fingerprint density at radius 2 is 1.89 bits per heavy atom. The molecule has 0 fully saturated rings. The third-order valence-electron chi connectivity index (χ3n) is 3.05. The SMILES string of the molecule is CCCCNCc1nn(CC)nc1-c1ccccc1. The zero-order chi connectivity index (χ0) is 13.5. The van der Waals surface area contributed by atoms with Crippen molar-refractivity contribution in [1.29, 1.82) is 0 Å². The third-order valence-corrected chi connectivity index (χ3v) is 3.05. The molecule has 0 unspecified atom stereocenters. The minimum Gasteiger partial charge on any atom is -0.311 e. The van der Waals surface area contributed by atoms with E-state index in [1.54, 1.807) is 4.80 Å². The minimum absolute atomic E-state index is 0.782. The molecule has 4 nitrogen and oxygen atoms in total. The molecule has 0 bridgehead atoms. The van der Waals surface area contributed by atoms with Gasteiger partial charge in [0.05, 0.1) is 6.54 Å². The summed E-state index contributed by atoms with van der Waals surface area (Å²) >= 11 is 0. The van der Waals surface area contributed by atoms with Gasteiger partial charge in [0.2, 0.25) is 0 Å². The maximum atomic E-state index is 4.56.